The van der Waals surface area contributed by atoms with Gasteiger partial charge in [-0.05, 0) is 62.2 Å². The summed E-state index contributed by atoms with van der Waals surface area (Å²) in [6.07, 6.45) is 0. The molecule has 1 aromatic heterocycles. The van der Waals surface area contributed by atoms with Gasteiger partial charge in [-0.1, -0.05) is 17.7 Å². The monoisotopic (exact) mass is 344 g/mol. The van der Waals surface area contributed by atoms with E-state index in [-0.39, 0.29) is 0 Å². The maximum Gasteiger partial charge on any atom is 0.221 e. The number of benzene rings is 2. The molecule has 2 aromatic carbocycles. The van der Waals surface area contributed by atoms with Crippen molar-refractivity contribution in [3.8, 4) is 17.7 Å². The van der Waals surface area contributed by atoms with Crippen molar-refractivity contribution in [2.24, 2.45) is 0 Å². The highest BCUT2D eigenvalue weighted by Gasteiger charge is 2.10. The van der Waals surface area contributed by atoms with Crippen LogP contribution in [0.3, 0.4) is 0 Å². The second-order valence-electron chi connectivity index (χ2n) is 6.23. The van der Waals surface area contributed by atoms with Crippen LogP contribution in [0, 0.1) is 32.1 Å². The molecule has 3 rings (SSSR count). The van der Waals surface area contributed by atoms with E-state index in [2.05, 4.69) is 35.4 Å². The van der Waals surface area contributed by atoms with Gasteiger partial charge in [-0.25, -0.2) is 0 Å². The average molecular weight is 344 g/mol. The second-order valence-corrected chi connectivity index (χ2v) is 6.23. The number of nitrogens with zero attached hydrogens (tertiary/aromatic N) is 2. The largest absolute Gasteiger partial charge is 0.438 e. The molecule has 130 valence electrons. The van der Waals surface area contributed by atoms with Crippen LogP contribution in [0.25, 0.3) is 0 Å². The molecule has 0 radical (unpaired) electrons. The summed E-state index contributed by atoms with van der Waals surface area (Å²) >= 11 is 0. The normalized spacial score (nSPS) is 10.2. The Hall–Kier alpha value is -3.52. The summed E-state index contributed by atoms with van der Waals surface area (Å²) in [5, 5.41) is 12.0. The minimum absolute atomic E-state index is 0.463. The fraction of sp³-hybridized carbons (Fsp3) is 0.143. The smallest absolute Gasteiger partial charge is 0.221 e. The predicted molar refractivity (Wildman–Crippen MR) is 104 cm³/mol. The van der Waals surface area contributed by atoms with Gasteiger partial charge in [0.2, 0.25) is 5.88 Å². The highest BCUT2D eigenvalue weighted by molar-refractivity contribution is 5.69. The van der Waals surface area contributed by atoms with E-state index in [0.29, 0.717) is 22.9 Å². The number of nitriles is 1. The van der Waals surface area contributed by atoms with Gasteiger partial charge in [0.05, 0.1) is 17.3 Å². The van der Waals surface area contributed by atoms with Crippen LogP contribution in [0.4, 0.5) is 17.2 Å². The van der Waals surface area contributed by atoms with Crippen molar-refractivity contribution in [3.63, 3.8) is 0 Å². The number of aryl methyl sites for hydroxylation is 3. The van der Waals surface area contributed by atoms with E-state index in [1.54, 1.807) is 24.3 Å². The number of nitrogens with one attached hydrogen (secondary N) is 1. The molecule has 0 fully saturated rings. The van der Waals surface area contributed by atoms with Crippen molar-refractivity contribution < 1.29 is 4.74 Å². The highest BCUT2D eigenvalue weighted by atomic mass is 16.5. The summed E-state index contributed by atoms with van der Waals surface area (Å²) in [7, 11) is 0. The Morgan fingerprint density at radius 3 is 2.27 bits per heavy atom. The quantitative estimate of drug-likeness (QED) is 0.696. The molecule has 5 nitrogen and oxygen atoms in total. The zero-order valence-electron chi connectivity index (χ0n) is 15.0. The first kappa shape index (κ1) is 17.3. The molecule has 3 N–H and O–H groups in total. The SMILES string of the molecule is Cc1cc(C)c(Oc2ccc(N)c(Nc3ccc(C#N)cc3)n2)c(C)c1. The fourth-order valence-electron chi connectivity index (χ4n) is 2.81. The van der Waals surface area contributed by atoms with Crippen LogP contribution >= 0.6 is 0 Å². The molecule has 5 heteroatoms. The topological polar surface area (TPSA) is 84.0 Å². The van der Waals surface area contributed by atoms with E-state index in [4.69, 9.17) is 15.7 Å². The van der Waals surface area contributed by atoms with Crippen molar-refractivity contribution in [1.29, 1.82) is 5.26 Å². The Labute approximate surface area is 153 Å². The minimum atomic E-state index is 0.463. The van der Waals surface area contributed by atoms with Crippen molar-refractivity contribution in [1.82, 2.24) is 4.98 Å². The Balaban J connectivity index is 1.87. The van der Waals surface area contributed by atoms with Crippen molar-refractivity contribution >= 4 is 17.2 Å². The van der Waals surface area contributed by atoms with E-state index in [0.717, 1.165) is 22.6 Å². The van der Waals surface area contributed by atoms with Crippen LogP contribution < -0.4 is 15.8 Å². The lowest BCUT2D eigenvalue weighted by Crippen LogP contribution is -2.01. The first-order chi connectivity index (χ1) is 12.5. The lowest BCUT2D eigenvalue weighted by atomic mass is 10.1. The minimum Gasteiger partial charge on any atom is -0.438 e. The average Bonchev–Trinajstić information content (AvgIpc) is 2.61. The Bertz CT molecular complexity index is 965. The van der Waals surface area contributed by atoms with Gasteiger partial charge in [-0.2, -0.15) is 10.2 Å². The van der Waals surface area contributed by atoms with Gasteiger partial charge >= 0.3 is 0 Å². The number of nitrogens with two attached hydrogens (primary N) is 1. The maximum absolute atomic E-state index is 8.88. The van der Waals surface area contributed by atoms with Gasteiger partial charge in [-0.3, -0.25) is 0 Å². The fourth-order valence-corrected chi connectivity index (χ4v) is 2.81. The van der Waals surface area contributed by atoms with Gasteiger partial charge in [0, 0.05) is 11.8 Å². The highest BCUT2D eigenvalue weighted by Crippen LogP contribution is 2.31. The Kier molecular flexibility index (Phi) is 4.76. The zero-order chi connectivity index (χ0) is 18.7. The molecule has 0 spiro atoms. The third-order valence-corrected chi connectivity index (χ3v) is 3.99. The van der Waals surface area contributed by atoms with Gasteiger partial charge in [0.25, 0.3) is 0 Å². The molecular formula is C21H20N4O. The van der Waals surface area contributed by atoms with Gasteiger partial charge in [0.1, 0.15) is 5.75 Å². The summed E-state index contributed by atoms with van der Waals surface area (Å²) in [5.74, 6) is 1.78. The van der Waals surface area contributed by atoms with E-state index < -0.39 is 0 Å². The van der Waals surface area contributed by atoms with Crippen molar-refractivity contribution in [2.75, 3.05) is 11.1 Å². The molecular weight excluding hydrogens is 324 g/mol. The molecule has 0 bridgehead atoms. The molecule has 0 amide bonds. The lowest BCUT2D eigenvalue weighted by Gasteiger charge is -2.14. The summed E-state index contributed by atoms with van der Waals surface area (Å²) < 4.78 is 6.02. The number of pyridine rings is 1. The predicted octanol–water partition coefficient (Wildman–Crippen LogP) is 5.00. The molecule has 0 unspecified atom stereocenters. The molecule has 0 aliphatic rings. The van der Waals surface area contributed by atoms with E-state index in [1.807, 2.05) is 26.0 Å². The summed E-state index contributed by atoms with van der Waals surface area (Å²) in [6, 6.07) is 16.8. The van der Waals surface area contributed by atoms with E-state index in [9.17, 15) is 0 Å². The summed E-state index contributed by atoms with van der Waals surface area (Å²) in [6.45, 7) is 6.09. The molecule has 0 aliphatic carbocycles. The number of anilines is 3. The van der Waals surface area contributed by atoms with Crippen LogP contribution in [0.1, 0.15) is 22.3 Å². The van der Waals surface area contributed by atoms with Crippen molar-refractivity contribution in [3.05, 3.63) is 70.8 Å². The van der Waals surface area contributed by atoms with Crippen LogP contribution in [0.15, 0.2) is 48.5 Å². The molecule has 0 atom stereocenters. The lowest BCUT2D eigenvalue weighted by molar-refractivity contribution is 0.457. The van der Waals surface area contributed by atoms with Crippen LogP contribution in [0.5, 0.6) is 11.6 Å². The number of hydrogen-bond acceptors (Lipinski definition) is 5. The first-order valence-electron chi connectivity index (χ1n) is 8.25. The third kappa shape index (κ3) is 3.76. The maximum atomic E-state index is 8.88. The van der Waals surface area contributed by atoms with Crippen LogP contribution in [0.2, 0.25) is 0 Å². The summed E-state index contributed by atoms with van der Waals surface area (Å²) in [5.41, 5.74) is 11.2. The van der Waals surface area contributed by atoms with E-state index >= 15 is 0 Å². The number of hydrogen-bond donors (Lipinski definition) is 2. The molecule has 1 heterocycles. The van der Waals surface area contributed by atoms with Gasteiger partial charge < -0.3 is 15.8 Å². The Morgan fingerprint density at radius 1 is 1.00 bits per heavy atom. The number of nitrogen functional groups attached to an aromatic ring is 1. The van der Waals surface area contributed by atoms with Gasteiger partial charge in [-0.15, -0.1) is 0 Å². The van der Waals surface area contributed by atoms with Gasteiger partial charge in [0.15, 0.2) is 5.82 Å². The number of rotatable bonds is 4. The molecule has 3 aromatic rings. The molecule has 0 aliphatic heterocycles. The van der Waals surface area contributed by atoms with Crippen LogP contribution in [-0.2, 0) is 0 Å². The number of aromatic nitrogens is 1. The van der Waals surface area contributed by atoms with E-state index in [1.165, 1.54) is 5.56 Å². The number of ether oxygens (including phenoxy) is 1. The second kappa shape index (κ2) is 7.16. The molecule has 0 saturated carbocycles. The summed E-state index contributed by atoms with van der Waals surface area (Å²) in [4.78, 5) is 4.49. The van der Waals surface area contributed by atoms with Crippen LogP contribution in [-0.4, -0.2) is 4.98 Å². The van der Waals surface area contributed by atoms with Crippen molar-refractivity contribution in [2.45, 2.75) is 20.8 Å². The Morgan fingerprint density at radius 2 is 1.65 bits per heavy atom. The molecule has 0 saturated heterocycles. The molecule has 26 heavy (non-hydrogen) atoms. The first-order valence-corrected chi connectivity index (χ1v) is 8.25. The third-order valence-electron chi connectivity index (χ3n) is 3.99. The zero-order valence-corrected chi connectivity index (χ0v) is 15.0. The standard InChI is InChI=1S/C21H20N4O/c1-13-10-14(2)20(15(3)11-13)26-19-9-8-18(23)21(25-19)24-17-6-4-16(12-22)5-7-17/h4-11H,23H2,1-3H3,(H,24,25).